The number of methoxy groups -OCH3 is 1. The predicted octanol–water partition coefficient (Wildman–Crippen LogP) is 3.89. The first-order valence-corrected chi connectivity index (χ1v) is 8.39. The second-order valence-corrected chi connectivity index (χ2v) is 6.76. The summed E-state index contributed by atoms with van der Waals surface area (Å²) < 4.78 is 5.32. The van der Waals surface area contributed by atoms with Crippen LogP contribution < -0.4 is 10.5 Å². The van der Waals surface area contributed by atoms with E-state index in [1.165, 1.54) is 16.0 Å². The van der Waals surface area contributed by atoms with Crippen molar-refractivity contribution in [1.29, 1.82) is 0 Å². The Kier molecular flexibility index (Phi) is 3.76. The standard InChI is InChI=1S/C17H22N2OS/c1-4-17(18,5-2)16-19-15-13-8-7-12(20-3)10-11(13)6-9-14(15)21-16/h7-8,10H,4-6,9,18H2,1-3H3. The molecule has 0 bridgehead atoms. The minimum absolute atomic E-state index is 0.283. The van der Waals surface area contributed by atoms with Crippen molar-refractivity contribution in [1.82, 2.24) is 4.98 Å². The Morgan fingerprint density at radius 3 is 2.71 bits per heavy atom. The molecule has 0 saturated heterocycles. The molecule has 1 aliphatic carbocycles. The lowest BCUT2D eigenvalue weighted by atomic mass is 9.92. The van der Waals surface area contributed by atoms with Crippen molar-refractivity contribution in [3.05, 3.63) is 33.6 Å². The van der Waals surface area contributed by atoms with Crippen molar-refractivity contribution in [2.45, 2.75) is 45.1 Å². The van der Waals surface area contributed by atoms with E-state index in [0.29, 0.717) is 0 Å². The fraction of sp³-hybridized carbons (Fsp3) is 0.471. The third-order valence-electron chi connectivity index (χ3n) is 4.57. The first-order chi connectivity index (χ1) is 10.1. The Morgan fingerprint density at radius 2 is 2.05 bits per heavy atom. The minimum Gasteiger partial charge on any atom is -0.497 e. The van der Waals surface area contributed by atoms with Gasteiger partial charge in [-0.25, -0.2) is 4.98 Å². The highest BCUT2D eigenvalue weighted by Crippen LogP contribution is 2.41. The highest BCUT2D eigenvalue weighted by molar-refractivity contribution is 7.12. The first kappa shape index (κ1) is 14.5. The average molecular weight is 302 g/mol. The molecular formula is C17H22N2OS. The third kappa shape index (κ3) is 2.36. The van der Waals surface area contributed by atoms with Gasteiger partial charge in [0.25, 0.3) is 0 Å². The summed E-state index contributed by atoms with van der Waals surface area (Å²) in [6.07, 6.45) is 3.95. The summed E-state index contributed by atoms with van der Waals surface area (Å²) in [5, 5.41) is 1.08. The highest BCUT2D eigenvalue weighted by atomic mass is 32.1. The van der Waals surface area contributed by atoms with Crippen molar-refractivity contribution in [3.63, 3.8) is 0 Å². The number of aromatic nitrogens is 1. The Hall–Kier alpha value is -1.39. The summed E-state index contributed by atoms with van der Waals surface area (Å²) in [6, 6.07) is 6.28. The van der Waals surface area contributed by atoms with Crippen LogP contribution in [0.3, 0.4) is 0 Å². The van der Waals surface area contributed by atoms with E-state index in [1.54, 1.807) is 18.4 Å². The number of nitrogens with zero attached hydrogens (tertiary/aromatic N) is 1. The zero-order chi connectivity index (χ0) is 15.0. The number of aryl methyl sites for hydroxylation is 2. The van der Waals surface area contributed by atoms with Crippen LogP contribution in [0.5, 0.6) is 5.75 Å². The van der Waals surface area contributed by atoms with E-state index in [2.05, 4.69) is 26.0 Å². The lowest BCUT2D eigenvalue weighted by Gasteiger charge is -2.23. The molecule has 1 aromatic carbocycles. The molecule has 1 aromatic heterocycles. The second kappa shape index (κ2) is 5.43. The summed E-state index contributed by atoms with van der Waals surface area (Å²) in [7, 11) is 1.71. The average Bonchev–Trinajstić information content (AvgIpc) is 2.98. The van der Waals surface area contributed by atoms with Crippen LogP contribution in [0.25, 0.3) is 11.3 Å². The van der Waals surface area contributed by atoms with Crippen LogP contribution in [-0.4, -0.2) is 12.1 Å². The van der Waals surface area contributed by atoms with Crippen LogP contribution in [0.15, 0.2) is 18.2 Å². The molecule has 0 unspecified atom stereocenters. The molecule has 3 rings (SSSR count). The number of thiazole rings is 1. The fourth-order valence-electron chi connectivity index (χ4n) is 2.88. The second-order valence-electron chi connectivity index (χ2n) is 5.68. The van der Waals surface area contributed by atoms with E-state index in [1.807, 2.05) is 6.07 Å². The Balaban J connectivity index is 2.07. The molecule has 2 N–H and O–H groups in total. The van der Waals surface area contributed by atoms with Gasteiger partial charge in [0.1, 0.15) is 10.8 Å². The Labute approximate surface area is 130 Å². The molecule has 4 heteroatoms. The maximum atomic E-state index is 6.52. The number of hydrogen-bond donors (Lipinski definition) is 1. The molecule has 0 atom stereocenters. The van der Waals surface area contributed by atoms with Gasteiger partial charge in [-0.3, -0.25) is 0 Å². The quantitative estimate of drug-likeness (QED) is 0.932. The summed E-state index contributed by atoms with van der Waals surface area (Å²) in [5.74, 6) is 0.919. The van der Waals surface area contributed by atoms with Gasteiger partial charge in [-0.15, -0.1) is 11.3 Å². The van der Waals surface area contributed by atoms with Gasteiger partial charge in [0.2, 0.25) is 0 Å². The van der Waals surface area contributed by atoms with Gasteiger partial charge in [-0.2, -0.15) is 0 Å². The monoisotopic (exact) mass is 302 g/mol. The molecule has 0 saturated carbocycles. The normalized spacial score (nSPS) is 13.7. The van der Waals surface area contributed by atoms with Crippen LogP contribution in [-0.2, 0) is 18.4 Å². The Bertz CT molecular complexity index is 659. The van der Waals surface area contributed by atoms with Crippen LogP contribution in [0.1, 0.15) is 42.1 Å². The molecule has 1 heterocycles. The number of benzene rings is 1. The van der Waals surface area contributed by atoms with E-state index < -0.39 is 0 Å². The first-order valence-electron chi connectivity index (χ1n) is 7.57. The molecule has 3 nitrogen and oxygen atoms in total. The Morgan fingerprint density at radius 1 is 1.29 bits per heavy atom. The molecule has 1 aliphatic rings. The van der Waals surface area contributed by atoms with Crippen LogP contribution in [0, 0.1) is 0 Å². The zero-order valence-corrected chi connectivity index (χ0v) is 13.7. The van der Waals surface area contributed by atoms with Crippen molar-refractivity contribution in [2.24, 2.45) is 5.73 Å². The summed E-state index contributed by atoms with van der Waals surface area (Å²) in [6.45, 7) is 4.28. The molecular weight excluding hydrogens is 280 g/mol. The highest BCUT2D eigenvalue weighted by Gasteiger charge is 2.30. The zero-order valence-electron chi connectivity index (χ0n) is 12.9. The number of hydrogen-bond acceptors (Lipinski definition) is 4. The van der Waals surface area contributed by atoms with Gasteiger partial charge >= 0.3 is 0 Å². The smallest absolute Gasteiger partial charge is 0.119 e. The van der Waals surface area contributed by atoms with E-state index >= 15 is 0 Å². The third-order valence-corrected chi connectivity index (χ3v) is 5.91. The number of fused-ring (bicyclic) bond motifs is 3. The minimum atomic E-state index is -0.283. The maximum Gasteiger partial charge on any atom is 0.119 e. The molecule has 112 valence electrons. The molecule has 0 aliphatic heterocycles. The van der Waals surface area contributed by atoms with E-state index in [0.717, 1.165) is 42.1 Å². The summed E-state index contributed by atoms with van der Waals surface area (Å²) in [5.41, 5.74) is 9.95. The predicted molar refractivity (Wildman–Crippen MR) is 88.0 cm³/mol. The maximum absolute atomic E-state index is 6.52. The van der Waals surface area contributed by atoms with Crippen molar-refractivity contribution in [2.75, 3.05) is 7.11 Å². The largest absolute Gasteiger partial charge is 0.497 e. The number of nitrogens with two attached hydrogens (primary N) is 1. The molecule has 2 aromatic rings. The topological polar surface area (TPSA) is 48.1 Å². The van der Waals surface area contributed by atoms with Crippen LogP contribution >= 0.6 is 11.3 Å². The van der Waals surface area contributed by atoms with Crippen molar-refractivity contribution < 1.29 is 4.74 Å². The van der Waals surface area contributed by atoms with Gasteiger partial charge in [-0.1, -0.05) is 13.8 Å². The van der Waals surface area contributed by atoms with Crippen LogP contribution in [0.4, 0.5) is 0 Å². The van der Waals surface area contributed by atoms with Crippen molar-refractivity contribution in [3.8, 4) is 17.0 Å². The van der Waals surface area contributed by atoms with Gasteiger partial charge in [0.05, 0.1) is 18.3 Å². The summed E-state index contributed by atoms with van der Waals surface area (Å²) >= 11 is 1.80. The van der Waals surface area contributed by atoms with Gasteiger partial charge in [0, 0.05) is 10.4 Å². The fourth-order valence-corrected chi connectivity index (χ4v) is 4.20. The van der Waals surface area contributed by atoms with Crippen molar-refractivity contribution >= 4 is 11.3 Å². The van der Waals surface area contributed by atoms with E-state index in [9.17, 15) is 0 Å². The molecule has 21 heavy (non-hydrogen) atoms. The molecule has 0 fully saturated rings. The van der Waals surface area contributed by atoms with Crippen LogP contribution in [0.2, 0.25) is 0 Å². The molecule has 0 spiro atoms. The number of ether oxygens (including phenoxy) is 1. The van der Waals surface area contributed by atoms with E-state index in [-0.39, 0.29) is 5.54 Å². The van der Waals surface area contributed by atoms with Gasteiger partial charge < -0.3 is 10.5 Å². The van der Waals surface area contributed by atoms with Gasteiger partial charge in [0.15, 0.2) is 0 Å². The molecule has 0 amide bonds. The summed E-state index contributed by atoms with van der Waals surface area (Å²) in [4.78, 5) is 6.29. The van der Waals surface area contributed by atoms with Gasteiger partial charge in [-0.05, 0) is 49.4 Å². The lowest BCUT2D eigenvalue weighted by Crippen LogP contribution is -2.34. The molecule has 0 radical (unpaired) electrons. The SMILES string of the molecule is CCC(N)(CC)c1nc2c(s1)CCc1cc(OC)ccc1-2. The van der Waals surface area contributed by atoms with E-state index in [4.69, 9.17) is 15.5 Å². The lowest BCUT2D eigenvalue weighted by molar-refractivity contribution is 0.411. The number of rotatable bonds is 4.